The van der Waals surface area contributed by atoms with Gasteiger partial charge in [0.1, 0.15) is 0 Å². The van der Waals surface area contributed by atoms with E-state index in [1.165, 1.54) is 0 Å². The van der Waals surface area contributed by atoms with Gasteiger partial charge in [-0.1, -0.05) is 0 Å². The highest BCUT2D eigenvalue weighted by molar-refractivity contribution is 5.85. The van der Waals surface area contributed by atoms with Crippen LogP contribution in [0.1, 0.15) is 0 Å². The van der Waals surface area contributed by atoms with Crippen LogP contribution in [0.3, 0.4) is 0 Å². The monoisotopic (exact) mass is 266 g/mol. The average Bonchev–Trinajstić information content (AvgIpc) is 2.14. The molecule has 0 saturated carbocycles. The third-order valence-electron chi connectivity index (χ3n) is 2.01. The number of nitrogens with one attached hydrogen (secondary N) is 1. The fourth-order valence-corrected chi connectivity index (χ4v) is 1.27. The van der Waals surface area contributed by atoms with Gasteiger partial charge in [0, 0.05) is 26.2 Å². The summed E-state index contributed by atoms with van der Waals surface area (Å²) in [6.07, 6.45) is -2.25. The Balaban J connectivity index is 0. The van der Waals surface area contributed by atoms with Crippen molar-refractivity contribution in [2.24, 2.45) is 0 Å². The van der Waals surface area contributed by atoms with Crippen LogP contribution in [0, 0.1) is 0 Å². The Kier molecular flexibility index (Phi) is 12.8. The topological polar surface area (TPSA) is 24.5 Å². The number of hydrogen-bond donors (Lipinski definition) is 1. The number of rotatable bonds is 5. The molecule has 0 aromatic heterocycles. The molecule has 0 amide bonds. The second kappa shape index (κ2) is 10.8. The molecule has 1 rings (SSSR count). The van der Waals surface area contributed by atoms with Crippen molar-refractivity contribution in [3.63, 3.8) is 0 Å². The zero-order valence-corrected chi connectivity index (χ0v) is 10.1. The lowest BCUT2D eigenvalue weighted by Gasteiger charge is -2.26. The van der Waals surface area contributed by atoms with E-state index in [9.17, 15) is 8.78 Å². The van der Waals surface area contributed by atoms with Gasteiger partial charge in [-0.25, -0.2) is 8.78 Å². The van der Waals surface area contributed by atoms with E-state index in [1.54, 1.807) is 0 Å². The van der Waals surface area contributed by atoms with E-state index in [-0.39, 0.29) is 31.4 Å². The summed E-state index contributed by atoms with van der Waals surface area (Å²) in [6, 6.07) is 0. The first-order valence-electron chi connectivity index (χ1n) is 4.58. The number of nitrogens with zero attached hydrogens (tertiary/aromatic N) is 1. The van der Waals surface area contributed by atoms with Crippen LogP contribution < -0.4 is 5.32 Å². The van der Waals surface area contributed by atoms with Crippen molar-refractivity contribution >= 4 is 24.8 Å². The van der Waals surface area contributed by atoms with E-state index in [0.29, 0.717) is 6.54 Å². The summed E-state index contributed by atoms with van der Waals surface area (Å²) in [6.45, 7) is 4.60. The highest BCUT2D eigenvalue weighted by Crippen LogP contribution is 1.95. The molecule has 1 fully saturated rings. The first-order valence-corrected chi connectivity index (χ1v) is 4.58. The normalized spacial score (nSPS) is 17.0. The fourth-order valence-electron chi connectivity index (χ4n) is 1.27. The minimum Gasteiger partial charge on any atom is -0.379 e. The Morgan fingerprint density at radius 1 is 1.20 bits per heavy atom. The maximum atomic E-state index is 11.7. The first-order chi connectivity index (χ1) is 6.29. The van der Waals surface area contributed by atoms with Gasteiger partial charge in [-0.05, 0) is 0 Å². The van der Waals surface area contributed by atoms with Gasteiger partial charge in [-0.3, -0.25) is 4.90 Å². The van der Waals surface area contributed by atoms with Gasteiger partial charge >= 0.3 is 0 Å². The third-order valence-corrected chi connectivity index (χ3v) is 2.01. The van der Waals surface area contributed by atoms with Crippen molar-refractivity contribution in [1.29, 1.82) is 0 Å². The van der Waals surface area contributed by atoms with Gasteiger partial charge in [-0.2, -0.15) is 0 Å². The Labute approximate surface area is 101 Å². The van der Waals surface area contributed by atoms with Crippen molar-refractivity contribution in [1.82, 2.24) is 10.2 Å². The lowest BCUT2D eigenvalue weighted by atomic mass is 10.4. The van der Waals surface area contributed by atoms with Crippen LogP contribution in [0.5, 0.6) is 0 Å². The van der Waals surface area contributed by atoms with Gasteiger partial charge in [-0.15, -0.1) is 24.8 Å². The van der Waals surface area contributed by atoms with E-state index in [2.05, 4.69) is 10.2 Å². The predicted molar refractivity (Wildman–Crippen MR) is 60.6 cm³/mol. The summed E-state index contributed by atoms with van der Waals surface area (Å²) in [7, 11) is 0. The molecule has 1 heterocycles. The largest absolute Gasteiger partial charge is 0.379 e. The number of halogens is 4. The van der Waals surface area contributed by atoms with Gasteiger partial charge in [0.05, 0.1) is 19.8 Å². The van der Waals surface area contributed by atoms with Crippen molar-refractivity contribution in [3.05, 3.63) is 0 Å². The Morgan fingerprint density at radius 3 is 2.33 bits per heavy atom. The zero-order valence-electron chi connectivity index (χ0n) is 8.45. The van der Waals surface area contributed by atoms with E-state index in [1.807, 2.05) is 0 Å². The Bertz CT molecular complexity index is 138. The summed E-state index contributed by atoms with van der Waals surface area (Å²) in [5.41, 5.74) is 0. The second-order valence-corrected chi connectivity index (χ2v) is 3.05. The van der Waals surface area contributed by atoms with Crippen LogP contribution in [0.2, 0.25) is 0 Å². The molecular formula is C8H18Cl2F2N2O. The van der Waals surface area contributed by atoms with Gasteiger partial charge in [0.2, 0.25) is 0 Å². The third kappa shape index (κ3) is 9.26. The minimum absolute atomic E-state index is 0. The molecule has 0 radical (unpaired) electrons. The van der Waals surface area contributed by atoms with Crippen molar-refractivity contribution in [2.45, 2.75) is 6.43 Å². The molecule has 1 aliphatic rings. The van der Waals surface area contributed by atoms with Crippen LogP contribution in [-0.4, -0.2) is 57.3 Å². The van der Waals surface area contributed by atoms with Crippen molar-refractivity contribution in [2.75, 3.05) is 45.9 Å². The molecular weight excluding hydrogens is 249 g/mol. The molecule has 1 N–H and O–H groups in total. The average molecular weight is 267 g/mol. The SMILES string of the molecule is Cl.Cl.FC(F)CNCCN1CCOCC1. The van der Waals surface area contributed by atoms with Crippen LogP contribution in [0.15, 0.2) is 0 Å². The molecule has 3 nitrogen and oxygen atoms in total. The lowest BCUT2D eigenvalue weighted by molar-refractivity contribution is 0.0378. The molecule has 0 atom stereocenters. The molecule has 7 heteroatoms. The van der Waals surface area contributed by atoms with E-state index >= 15 is 0 Å². The number of ether oxygens (including phenoxy) is 1. The van der Waals surface area contributed by atoms with Crippen LogP contribution in [0.4, 0.5) is 8.78 Å². The maximum Gasteiger partial charge on any atom is 0.250 e. The highest BCUT2D eigenvalue weighted by Gasteiger charge is 2.09. The highest BCUT2D eigenvalue weighted by atomic mass is 35.5. The molecule has 1 saturated heterocycles. The summed E-state index contributed by atoms with van der Waals surface area (Å²) < 4.78 is 28.6. The van der Waals surface area contributed by atoms with Gasteiger partial charge < -0.3 is 10.1 Å². The Hall–Kier alpha value is 0.320. The van der Waals surface area contributed by atoms with E-state index < -0.39 is 6.43 Å². The molecule has 0 bridgehead atoms. The summed E-state index contributed by atoms with van der Waals surface area (Å²) in [5.74, 6) is 0. The number of morpholine rings is 1. The molecule has 0 unspecified atom stereocenters. The van der Waals surface area contributed by atoms with Crippen LogP contribution in [0.25, 0.3) is 0 Å². The summed E-state index contributed by atoms with van der Waals surface area (Å²) in [5, 5.41) is 2.70. The van der Waals surface area contributed by atoms with E-state index in [0.717, 1.165) is 32.8 Å². The van der Waals surface area contributed by atoms with Crippen molar-refractivity contribution in [3.8, 4) is 0 Å². The number of alkyl halides is 2. The maximum absolute atomic E-state index is 11.7. The van der Waals surface area contributed by atoms with Crippen LogP contribution in [-0.2, 0) is 4.74 Å². The predicted octanol–water partition coefficient (Wildman–Crippen LogP) is 1.02. The minimum atomic E-state index is -2.25. The zero-order chi connectivity index (χ0) is 9.52. The van der Waals surface area contributed by atoms with Crippen molar-refractivity contribution < 1.29 is 13.5 Å². The molecule has 0 aliphatic carbocycles. The number of hydrogen-bond acceptors (Lipinski definition) is 3. The molecule has 15 heavy (non-hydrogen) atoms. The van der Waals surface area contributed by atoms with E-state index in [4.69, 9.17) is 4.74 Å². The molecule has 0 aromatic rings. The lowest BCUT2D eigenvalue weighted by Crippen LogP contribution is -2.40. The quantitative estimate of drug-likeness (QED) is 0.753. The smallest absolute Gasteiger partial charge is 0.250 e. The second-order valence-electron chi connectivity index (χ2n) is 3.05. The van der Waals surface area contributed by atoms with Gasteiger partial charge in [0.15, 0.2) is 0 Å². The molecule has 0 spiro atoms. The summed E-state index contributed by atoms with van der Waals surface area (Å²) in [4.78, 5) is 2.21. The Morgan fingerprint density at radius 2 is 1.80 bits per heavy atom. The summed E-state index contributed by atoms with van der Waals surface area (Å²) >= 11 is 0. The molecule has 94 valence electrons. The fraction of sp³-hybridized carbons (Fsp3) is 1.00. The van der Waals surface area contributed by atoms with Gasteiger partial charge in [0.25, 0.3) is 6.43 Å². The molecule has 1 aliphatic heterocycles. The van der Waals surface area contributed by atoms with Crippen LogP contribution >= 0.6 is 24.8 Å². The first kappa shape index (κ1) is 17.7. The standard InChI is InChI=1S/C8H16F2N2O.2ClH/c9-8(10)7-11-1-2-12-3-5-13-6-4-12;;/h8,11H,1-7H2;2*1H. The molecule has 0 aromatic carbocycles.